The van der Waals surface area contributed by atoms with Crippen molar-refractivity contribution in [2.24, 2.45) is 5.92 Å². The van der Waals surface area contributed by atoms with Gasteiger partial charge in [0.1, 0.15) is 6.26 Å². The first kappa shape index (κ1) is 9.71. The van der Waals surface area contributed by atoms with Gasteiger partial charge in [0.05, 0.1) is 6.20 Å². The molecule has 0 spiro atoms. The van der Waals surface area contributed by atoms with Crippen molar-refractivity contribution < 1.29 is 4.52 Å². The van der Waals surface area contributed by atoms with Crippen LogP contribution >= 0.6 is 0 Å². The van der Waals surface area contributed by atoms with Crippen molar-refractivity contribution in [2.45, 2.75) is 38.6 Å². The molecule has 3 nitrogen and oxygen atoms in total. The Hall–Kier alpha value is -0.830. The lowest BCUT2D eigenvalue weighted by molar-refractivity contribution is 0.341. The van der Waals surface area contributed by atoms with Crippen LogP contribution in [0.2, 0.25) is 0 Å². The summed E-state index contributed by atoms with van der Waals surface area (Å²) in [7, 11) is 0. The smallest absolute Gasteiger partial charge is 0.128 e. The molecule has 1 fully saturated rings. The highest BCUT2D eigenvalue weighted by molar-refractivity contribution is 4.99. The Kier molecular flexibility index (Phi) is 3.57. The predicted octanol–water partition coefficient (Wildman–Crippen LogP) is 2.34. The normalized spacial score (nSPS) is 18.6. The molecule has 1 saturated carbocycles. The third-order valence-electron chi connectivity index (χ3n) is 2.97. The minimum Gasteiger partial charge on any atom is -0.364 e. The molecule has 0 bridgehead atoms. The summed E-state index contributed by atoms with van der Waals surface area (Å²) in [6.45, 7) is 2.03. The highest BCUT2D eigenvalue weighted by Gasteiger charge is 2.12. The first-order valence-corrected chi connectivity index (χ1v) is 5.54. The second kappa shape index (κ2) is 5.15. The Morgan fingerprint density at radius 2 is 2.21 bits per heavy atom. The lowest BCUT2D eigenvalue weighted by atomic mass is 9.89. The van der Waals surface area contributed by atoms with E-state index < -0.39 is 0 Å². The van der Waals surface area contributed by atoms with E-state index in [1.54, 1.807) is 12.5 Å². The SMILES string of the molecule is c1nocc1CNCC1CCCCC1. The van der Waals surface area contributed by atoms with Crippen LogP contribution in [0.15, 0.2) is 17.0 Å². The first-order chi connectivity index (χ1) is 6.95. The van der Waals surface area contributed by atoms with Crippen LogP contribution in [0.25, 0.3) is 0 Å². The molecule has 1 heterocycles. The summed E-state index contributed by atoms with van der Waals surface area (Å²) in [6, 6.07) is 0. The van der Waals surface area contributed by atoms with Crippen molar-refractivity contribution in [3.63, 3.8) is 0 Å². The second-order valence-corrected chi connectivity index (χ2v) is 4.17. The quantitative estimate of drug-likeness (QED) is 0.799. The number of hydrogen-bond acceptors (Lipinski definition) is 3. The standard InChI is InChI=1S/C11H18N2O/c1-2-4-10(5-3-1)6-12-7-11-8-13-14-9-11/h8-10,12H,1-7H2. The Bertz CT molecular complexity index is 240. The van der Waals surface area contributed by atoms with E-state index >= 15 is 0 Å². The van der Waals surface area contributed by atoms with E-state index in [1.165, 1.54) is 32.1 Å². The van der Waals surface area contributed by atoms with Gasteiger partial charge in [-0.2, -0.15) is 0 Å². The molecule has 78 valence electrons. The van der Waals surface area contributed by atoms with E-state index in [0.717, 1.165) is 24.6 Å². The van der Waals surface area contributed by atoms with Gasteiger partial charge in [0.15, 0.2) is 0 Å². The Morgan fingerprint density at radius 1 is 1.36 bits per heavy atom. The maximum absolute atomic E-state index is 4.77. The Balaban J connectivity index is 1.62. The molecule has 0 aliphatic heterocycles. The van der Waals surface area contributed by atoms with Crippen LogP contribution in [0.4, 0.5) is 0 Å². The van der Waals surface area contributed by atoms with Gasteiger partial charge in [0.25, 0.3) is 0 Å². The molecule has 1 N–H and O–H groups in total. The average Bonchev–Trinajstić information content (AvgIpc) is 2.72. The zero-order valence-corrected chi connectivity index (χ0v) is 8.54. The summed E-state index contributed by atoms with van der Waals surface area (Å²) in [6.07, 6.45) is 10.5. The number of hydrogen-bond donors (Lipinski definition) is 1. The van der Waals surface area contributed by atoms with Crippen molar-refractivity contribution in [3.05, 3.63) is 18.0 Å². The van der Waals surface area contributed by atoms with Crippen LogP contribution in [-0.4, -0.2) is 11.7 Å². The minimum absolute atomic E-state index is 0.889. The second-order valence-electron chi connectivity index (χ2n) is 4.17. The summed E-state index contributed by atoms with van der Waals surface area (Å²) in [5.74, 6) is 0.892. The van der Waals surface area contributed by atoms with E-state index in [-0.39, 0.29) is 0 Å². The van der Waals surface area contributed by atoms with Crippen molar-refractivity contribution in [1.82, 2.24) is 10.5 Å². The fraction of sp³-hybridized carbons (Fsp3) is 0.727. The number of nitrogens with one attached hydrogen (secondary N) is 1. The van der Waals surface area contributed by atoms with Gasteiger partial charge in [0, 0.05) is 12.1 Å². The summed E-state index contributed by atoms with van der Waals surface area (Å²) in [5, 5.41) is 7.13. The van der Waals surface area contributed by atoms with Crippen LogP contribution in [-0.2, 0) is 6.54 Å². The molecule has 14 heavy (non-hydrogen) atoms. The van der Waals surface area contributed by atoms with E-state index in [2.05, 4.69) is 10.5 Å². The van der Waals surface area contributed by atoms with Gasteiger partial charge >= 0.3 is 0 Å². The average molecular weight is 194 g/mol. The molecular formula is C11H18N2O. The van der Waals surface area contributed by atoms with Crippen LogP contribution in [0.1, 0.15) is 37.7 Å². The van der Waals surface area contributed by atoms with E-state index in [0.29, 0.717) is 0 Å². The van der Waals surface area contributed by atoms with Gasteiger partial charge in [-0.1, -0.05) is 24.4 Å². The minimum atomic E-state index is 0.889. The molecule has 0 radical (unpaired) electrons. The largest absolute Gasteiger partial charge is 0.364 e. The molecule has 0 saturated heterocycles. The molecule has 0 atom stereocenters. The van der Waals surface area contributed by atoms with Crippen molar-refractivity contribution in [1.29, 1.82) is 0 Å². The van der Waals surface area contributed by atoms with Gasteiger partial charge < -0.3 is 9.84 Å². The molecule has 1 aromatic rings. The Morgan fingerprint density at radius 3 is 2.93 bits per heavy atom. The van der Waals surface area contributed by atoms with Crippen molar-refractivity contribution in [2.75, 3.05) is 6.54 Å². The number of aromatic nitrogens is 1. The third kappa shape index (κ3) is 2.84. The van der Waals surface area contributed by atoms with Crippen molar-refractivity contribution >= 4 is 0 Å². The molecule has 2 rings (SSSR count). The summed E-state index contributed by atoms with van der Waals surface area (Å²) >= 11 is 0. The third-order valence-corrected chi connectivity index (χ3v) is 2.97. The van der Waals surface area contributed by atoms with Crippen LogP contribution < -0.4 is 5.32 Å². The van der Waals surface area contributed by atoms with Gasteiger partial charge in [-0.15, -0.1) is 0 Å². The van der Waals surface area contributed by atoms with Gasteiger partial charge in [-0.3, -0.25) is 0 Å². The summed E-state index contributed by atoms with van der Waals surface area (Å²) < 4.78 is 4.77. The fourth-order valence-electron chi connectivity index (χ4n) is 2.13. The predicted molar refractivity (Wildman–Crippen MR) is 54.8 cm³/mol. The van der Waals surface area contributed by atoms with Crippen LogP contribution in [0.3, 0.4) is 0 Å². The molecule has 1 aliphatic rings. The zero-order chi connectivity index (χ0) is 9.64. The van der Waals surface area contributed by atoms with Gasteiger partial charge in [-0.25, -0.2) is 0 Å². The van der Waals surface area contributed by atoms with Crippen LogP contribution in [0, 0.1) is 5.92 Å². The maximum Gasteiger partial charge on any atom is 0.128 e. The zero-order valence-electron chi connectivity index (χ0n) is 8.54. The Labute approximate surface area is 84.9 Å². The maximum atomic E-state index is 4.77. The molecule has 3 heteroatoms. The number of nitrogens with zero attached hydrogens (tertiary/aromatic N) is 1. The van der Waals surface area contributed by atoms with Crippen LogP contribution in [0.5, 0.6) is 0 Å². The van der Waals surface area contributed by atoms with Gasteiger partial charge in [0.2, 0.25) is 0 Å². The molecular weight excluding hydrogens is 176 g/mol. The van der Waals surface area contributed by atoms with E-state index in [4.69, 9.17) is 4.52 Å². The molecule has 1 aromatic heterocycles. The monoisotopic (exact) mass is 194 g/mol. The highest BCUT2D eigenvalue weighted by Crippen LogP contribution is 2.22. The first-order valence-electron chi connectivity index (χ1n) is 5.54. The lowest BCUT2D eigenvalue weighted by Gasteiger charge is -2.21. The van der Waals surface area contributed by atoms with Gasteiger partial charge in [-0.05, 0) is 25.3 Å². The lowest BCUT2D eigenvalue weighted by Crippen LogP contribution is -2.23. The topological polar surface area (TPSA) is 38.1 Å². The summed E-state index contributed by atoms with van der Waals surface area (Å²) in [5.41, 5.74) is 1.14. The van der Waals surface area contributed by atoms with Crippen molar-refractivity contribution in [3.8, 4) is 0 Å². The fourth-order valence-corrected chi connectivity index (χ4v) is 2.13. The molecule has 1 aliphatic carbocycles. The van der Waals surface area contributed by atoms with E-state index in [1.807, 2.05) is 0 Å². The van der Waals surface area contributed by atoms with E-state index in [9.17, 15) is 0 Å². The molecule has 0 aromatic carbocycles. The molecule has 0 unspecified atom stereocenters. The summed E-state index contributed by atoms with van der Waals surface area (Å²) in [4.78, 5) is 0. The molecule has 0 amide bonds. The highest BCUT2D eigenvalue weighted by atomic mass is 16.5. The number of rotatable bonds is 4.